The zero-order valence-corrected chi connectivity index (χ0v) is 15.7. The van der Waals surface area contributed by atoms with Crippen LogP contribution in [-0.4, -0.2) is 64.7 Å². The molecule has 0 aliphatic carbocycles. The van der Waals surface area contributed by atoms with Gasteiger partial charge in [-0.05, 0) is 25.8 Å². The van der Waals surface area contributed by atoms with E-state index in [-0.39, 0.29) is 6.42 Å². The van der Waals surface area contributed by atoms with Crippen molar-refractivity contribution in [3.63, 3.8) is 0 Å². The van der Waals surface area contributed by atoms with Gasteiger partial charge in [-0.3, -0.25) is 19.2 Å². The second kappa shape index (κ2) is 11.0. The van der Waals surface area contributed by atoms with Gasteiger partial charge in [-0.15, -0.1) is 0 Å². The van der Waals surface area contributed by atoms with Crippen molar-refractivity contribution in [1.82, 2.24) is 16.0 Å². The Kier molecular flexibility index (Phi) is 9.06. The summed E-state index contributed by atoms with van der Waals surface area (Å²) >= 11 is 0. The molecule has 0 aliphatic rings. The van der Waals surface area contributed by atoms with Crippen molar-refractivity contribution in [2.45, 2.75) is 44.4 Å². The number of nitrogens with two attached hydrogens (primary N) is 1. The number of aliphatic carboxylic acids is 1. The molecule has 4 atom stereocenters. The molecule has 1 aromatic rings. The van der Waals surface area contributed by atoms with Gasteiger partial charge in [-0.2, -0.15) is 0 Å². The van der Waals surface area contributed by atoms with Crippen LogP contribution in [0.2, 0.25) is 0 Å². The monoisotopic (exact) mass is 394 g/mol. The van der Waals surface area contributed by atoms with Gasteiger partial charge in [0.1, 0.15) is 18.1 Å². The highest BCUT2D eigenvalue weighted by Crippen LogP contribution is 2.02. The highest BCUT2D eigenvalue weighted by atomic mass is 16.4. The number of carboxylic acid groups (broad SMARTS) is 1. The van der Waals surface area contributed by atoms with E-state index in [1.807, 2.05) is 30.3 Å². The van der Waals surface area contributed by atoms with E-state index in [9.17, 15) is 24.3 Å². The molecule has 1 rings (SSSR count). The number of carbonyl (C=O) groups excluding carboxylic acids is 3. The second-order valence-electron chi connectivity index (χ2n) is 6.34. The molecule has 0 fully saturated rings. The van der Waals surface area contributed by atoms with Gasteiger partial charge in [0.15, 0.2) is 0 Å². The van der Waals surface area contributed by atoms with Crippen molar-refractivity contribution in [2.24, 2.45) is 5.73 Å². The maximum Gasteiger partial charge on any atom is 0.325 e. The average molecular weight is 394 g/mol. The fourth-order valence-corrected chi connectivity index (χ4v) is 2.21. The maximum absolute atomic E-state index is 12.2. The van der Waals surface area contributed by atoms with Gasteiger partial charge < -0.3 is 31.9 Å². The minimum Gasteiger partial charge on any atom is -0.480 e. The number of aliphatic hydroxyl groups is 1. The molecule has 0 radical (unpaired) electrons. The van der Waals surface area contributed by atoms with Gasteiger partial charge in [0.05, 0.1) is 12.6 Å². The van der Waals surface area contributed by atoms with Gasteiger partial charge in [0.2, 0.25) is 17.7 Å². The summed E-state index contributed by atoms with van der Waals surface area (Å²) in [4.78, 5) is 47.0. The minimum absolute atomic E-state index is 0.287. The van der Waals surface area contributed by atoms with E-state index >= 15 is 0 Å². The number of amides is 3. The molecule has 10 nitrogen and oxygen atoms in total. The summed E-state index contributed by atoms with van der Waals surface area (Å²) in [5.41, 5.74) is 6.72. The Balaban J connectivity index is 2.56. The largest absolute Gasteiger partial charge is 0.480 e. The zero-order chi connectivity index (χ0) is 21.3. The predicted octanol–water partition coefficient (Wildman–Crippen LogP) is -1.87. The minimum atomic E-state index is -1.35. The van der Waals surface area contributed by atoms with Crippen LogP contribution < -0.4 is 21.7 Å². The predicted molar refractivity (Wildman–Crippen MR) is 100.0 cm³/mol. The van der Waals surface area contributed by atoms with Gasteiger partial charge in [-0.25, -0.2) is 0 Å². The van der Waals surface area contributed by atoms with Crippen LogP contribution >= 0.6 is 0 Å². The highest BCUT2D eigenvalue weighted by molar-refractivity contribution is 5.93. The van der Waals surface area contributed by atoms with E-state index < -0.39 is 54.5 Å². The lowest BCUT2D eigenvalue weighted by Crippen LogP contribution is -2.57. The van der Waals surface area contributed by atoms with Crippen LogP contribution in [0.4, 0.5) is 0 Å². The summed E-state index contributed by atoms with van der Waals surface area (Å²) < 4.78 is 0. The smallest absolute Gasteiger partial charge is 0.325 e. The summed E-state index contributed by atoms with van der Waals surface area (Å²) in [5.74, 6) is -3.39. The van der Waals surface area contributed by atoms with Crippen LogP contribution in [0.25, 0.3) is 0 Å². The molecule has 4 unspecified atom stereocenters. The first-order chi connectivity index (χ1) is 13.1. The molecule has 28 heavy (non-hydrogen) atoms. The second-order valence-corrected chi connectivity index (χ2v) is 6.34. The molecule has 1 aromatic carbocycles. The lowest BCUT2D eigenvalue weighted by atomic mass is 10.1. The Bertz CT molecular complexity index is 697. The fraction of sp³-hybridized carbons (Fsp3) is 0.444. The Morgan fingerprint density at radius 1 is 0.929 bits per heavy atom. The highest BCUT2D eigenvalue weighted by Gasteiger charge is 2.26. The first kappa shape index (κ1) is 23.1. The molecule has 10 heteroatoms. The van der Waals surface area contributed by atoms with Gasteiger partial charge in [0, 0.05) is 0 Å². The lowest BCUT2D eigenvalue weighted by Gasteiger charge is -2.21. The standard InChI is InChI=1S/C18H26N4O6/c1-10(20-16(25)13(19)8-12-6-4-3-5-7-12)15(24)22-14(9-23)17(26)21-11(2)18(27)28/h3-7,10-11,13-14,23H,8-9,19H2,1-2H3,(H,20,25)(H,21,26)(H,22,24)(H,27,28). The molecule has 3 amide bonds. The van der Waals surface area contributed by atoms with Crippen molar-refractivity contribution in [1.29, 1.82) is 0 Å². The van der Waals surface area contributed by atoms with Crippen molar-refractivity contribution in [3.8, 4) is 0 Å². The lowest BCUT2D eigenvalue weighted by molar-refractivity contribution is -0.142. The van der Waals surface area contributed by atoms with Crippen LogP contribution in [0, 0.1) is 0 Å². The van der Waals surface area contributed by atoms with Gasteiger partial charge >= 0.3 is 5.97 Å². The molecule has 0 heterocycles. The maximum atomic E-state index is 12.2. The van der Waals surface area contributed by atoms with E-state index in [0.717, 1.165) is 5.56 Å². The molecule has 7 N–H and O–H groups in total. The topological polar surface area (TPSA) is 171 Å². The molecule has 154 valence electrons. The molecular weight excluding hydrogens is 368 g/mol. The molecule has 0 aliphatic heterocycles. The first-order valence-corrected chi connectivity index (χ1v) is 8.70. The van der Waals surface area contributed by atoms with Crippen LogP contribution in [0.1, 0.15) is 19.4 Å². The molecule has 0 saturated heterocycles. The summed E-state index contributed by atoms with van der Waals surface area (Å²) in [6.07, 6.45) is 0.287. The van der Waals surface area contributed by atoms with Crippen molar-refractivity contribution < 1.29 is 29.4 Å². The Labute approximate surface area is 162 Å². The third-order valence-electron chi connectivity index (χ3n) is 3.93. The van der Waals surface area contributed by atoms with E-state index in [4.69, 9.17) is 10.8 Å². The van der Waals surface area contributed by atoms with Crippen LogP contribution in [0.3, 0.4) is 0 Å². The fourth-order valence-electron chi connectivity index (χ4n) is 2.21. The number of rotatable bonds is 10. The number of hydrogen-bond donors (Lipinski definition) is 6. The first-order valence-electron chi connectivity index (χ1n) is 8.70. The van der Waals surface area contributed by atoms with E-state index in [1.165, 1.54) is 13.8 Å². The number of nitrogens with one attached hydrogen (secondary N) is 3. The van der Waals surface area contributed by atoms with E-state index in [2.05, 4.69) is 16.0 Å². The number of hydrogen-bond acceptors (Lipinski definition) is 6. The third kappa shape index (κ3) is 7.33. The van der Waals surface area contributed by atoms with Crippen LogP contribution in [0.15, 0.2) is 30.3 Å². The molecule has 0 spiro atoms. The number of carboxylic acids is 1. The van der Waals surface area contributed by atoms with Crippen LogP contribution in [0.5, 0.6) is 0 Å². The summed E-state index contributed by atoms with van der Waals surface area (Å²) in [6, 6.07) is 4.70. The summed E-state index contributed by atoms with van der Waals surface area (Å²) in [6.45, 7) is 1.90. The normalized spacial score (nSPS) is 14.9. The third-order valence-corrected chi connectivity index (χ3v) is 3.93. The molecule has 0 bridgehead atoms. The Hall–Kier alpha value is -2.98. The quantitative estimate of drug-likeness (QED) is 0.270. The zero-order valence-electron chi connectivity index (χ0n) is 15.7. The number of benzene rings is 1. The average Bonchev–Trinajstić information content (AvgIpc) is 2.66. The Morgan fingerprint density at radius 3 is 2.04 bits per heavy atom. The summed E-state index contributed by atoms with van der Waals surface area (Å²) in [5, 5.41) is 24.9. The van der Waals surface area contributed by atoms with Crippen molar-refractivity contribution in [3.05, 3.63) is 35.9 Å². The Morgan fingerprint density at radius 2 is 1.50 bits per heavy atom. The molecular formula is C18H26N4O6. The van der Waals surface area contributed by atoms with Gasteiger partial charge in [-0.1, -0.05) is 30.3 Å². The van der Waals surface area contributed by atoms with Crippen molar-refractivity contribution in [2.75, 3.05) is 6.61 Å². The van der Waals surface area contributed by atoms with Crippen molar-refractivity contribution >= 4 is 23.7 Å². The number of carbonyl (C=O) groups is 4. The van der Waals surface area contributed by atoms with Crippen LogP contribution in [-0.2, 0) is 25.6 Å². The van der Waals surface area contributed by atoms with Gasteiger partial charge in [0.25, 0.3) is 0 Å². The van der Waals surface area contributed by atoms with E-state index in [0.29, 0.717) is 0 Å². The number of aliphatic hydroxyl groups excluding tert-OH is 1. The molecule has 0 saturated carbocycles. The SMILES string of the molecule is CC(NC(=O)C(CO)NC(=O)C(C)NC(=O)C(N)Cc1ccccc1)C(=O)O. The molecule has 0 aromatic heterocycles. The summed E-state index contributed by atoms with van der Waals surface area (Å²) in [7, 11) is 0. The van der Waals surface area contributed by atoms with E-state index in [1.54, 1.807) is 0 Å².